The normalized spacial score (nSPS) is 12.9. The molecule has 0 saturated heterocycles. The number of esters is 1. The van der Waals surface area contributed by atoms with Gasteiger partial charge in [-0.1, -0.05) is 58.4 Å². The lowest BCUT2D eigenvalue weighted by atomic mass is 10.0. The van der Waals surface area contributed by atoms with Gasteiger partial charge in [-0.25, -0.2) is 4.79 Å². The van der Waals surface area contributed by atoms with Crippen LogP contribution in [0.15, 0.2) is 59.1 Å². The Morgan fingerprint density at radius 2 is 1.68 bits per heavy atom. The zero-order valence-corrected chi connectivity index (χ0v) is 15.7. The van der Waals surface area contributed by atoms with Crippen molar-refractivity contribution in [3.05, 3.63) is 70.2 Å². The zero-order chi connectivity index (χ0) is 18.2. The fraction of sp³-hybridized carbons (Fsp3) is 0.263. The average Bonchev–Trinajstić information content (AvgIpc) is 2.64. The van der Waals surface area contributed by atoms with Gasteiger partial charge in [0.25, 0.3) is 5.91 Å². The van der Waals surface area contributed by atoms with E-state index in [4.69, 9.17) is 9.47 Å². The minimum Gasteiger partial charge on any atom is -0.467 e. The van der Waals surface area contributed by atoms with Crippen molar-refractivity contribution < 1.29 is 19.1 Å². The maximum Gasteiger partial charge on any atom is 0.328 e. The molecule has 2 aromatic carbocycles. The summed E-state index contributed by atoms with van der Waals surface area (Å²) in [5, 5.41) is 2.73. The molecule has 25 heavy (non-hydrogen) atoms. The van der Waals surface area contributed by atoms with Gasteiger partial charge in [-0.05, 0) is 23.3 Å². The molecular formula is C19H20BrNO4. The molecule has 0 aromatic heterocycles. The smallest absolute Gasteiger partial charge is 0.328 e. The first kappa shape index (κ1) is 19.1. The van der Waals surface area contributed by atoms with Gasteiger partial charge in [-0.15, -0.1) is 0 Å². The van der Waals surface area contributed by atoms with Crippen LogP contribution in [-0.4, -0.2) is 32.1 Å². The molecule has 0 spiro atoms. The molecule has 0 heterocycles. The van der Waals surface area contributed by atoms with Crippen molar-refractivity contribution >= 4 is 27.8 Å². The molecule has 1 amide bonds. The number of ether oxygens (including phenoxy) is 2. The summed E-state index contributed by atoms with van der Waals surface area (Å²) in [5.74, 6) is -0.889. The highest BCUT2D eigenvalue weighted by molar-refractivity contribution is 9.10. The quantitative estimate of drug-likeness (QED) is 0.718. The number of halogens is 1. The monoisotopic (exact) mass is 405 g/mol. The van der Waals surface area contributed by atoms with E-state index in [0.29, 0.717) is 6.42 Å². The Hall–Kier alpha value is -2.18. The lowest BCUT2D eigenvalue weighted by Gasteiger charge is -2.21. The maximum atomic E-state index is 12.6. The van der Waals surface area contributed by atoms with E-state index in [-0.39, 0.29) is 5.91 Å². The van der Waals surface area contributed by atoms with Gasteiger partial charge in [0.05, 0.1) is 7.11 Å². The van der Waals surface area contributed by atoms with Crippen LogP contribution in [0.3, 0.4) is 0 Å². The molecule has 0 radical (unpaired) electrons. The Kier molecular flexibility index (Phi) is 7.16. The number of rotatable bonds is 7. The van der Waals surface area contributed by atoms with E-state index in [1.165, 1.54) is 14.2 Å². The van der Waals surface area contributed by atoms with Gasteiger partial charge in [0, 0.05) is 18.0 Å². The molecule has 0 fully saturated rings. The van der Waals surface area contributed by atoms with E-state index in [1.807, 2.05) is 42.5 Å². The van der Waals surface area contributed by atoms with Crippen molar-refractivity contribution in [1.82, 2.24) is 5.32 Å². The molecule has 0 saturated carbocycles. The summed E-state index contributed by atoms with van der Waals surface area (Å²) >= 11 is 3.37. The van der Waals surface area contributed by atoms with E-state index in [9.17, 15) is 9.59 Å². The summed E-state index contributed by atoms with van der Waals surface area (Å²) in [5.41, 5.74) is 1.63. The van der Waals surface area contributed by atoms with Crippen molar-refractivity contribution in [3.8, 4) is 0 Å². The molecule has 132 valence electrons. The van der Waals surface area contributed by atoms with Crippen molar-refractivity contribution in [2.75, 3.05) is 14.2 Å². The van der Waals surface area contributed by atoms with E-state index in [1.54, 1.807) is 12.1 Å². The number of carbonyl (C=O) groups is 2. The summed E-state index contributed by atoms with van der Waals surface area (Å²) in [6.07, 6.45) is -0.463. The molecule has 0 aliphatic carbocycles. The van der Waals surface area contributed by atoms with Gasteiger partial charge in [0.1, 0.15) is 6.04 Å². The van der Waals surface area contributed by atoms with Crippen LogP contribution in [-0.2, 0) is 25.5 Å². The summed E-state index contributed by atoms with van der Waals surface area (Å²) in [6.45, 7) is 0. The van der Waals surface area contributed by atoms with E-state index in [2.05, 4.69) is 21.2 Å². The number of amides is 1. The summed E-state index contributed by atoms with van der Waals surface area (Å²) in [4.78, 5) is 24.7. The Bertz CT molecular complexity index is 703. The first-order valence-electron chi connectivity index (χ1n) is 7.75. The van der Waals surface area contributed by atoms with Crippen molar-refractivity contribution in [3.63, 3.8) is 0 Å². The van der Waals surface area contributed by atoms with Crippen molar-refractivity contribution in [2.45, 2.75) is 18.6 Å². The van der Waals surface area contributed by atoms with Crippen LogP contribution in [0.5, 0.6) is 0 Å². The molecule has 5 nitrogen and oxygen atoms in total. The van der Waals surface area contributed by atoms with Crippen LogP contribution in [0.1, 0.15) is 17.2 Å². The number of methoxy groups -OCH3 is 2. The lowest BCUT2D eigenvalue weighted by Crippen LogP contribution is -2.45. The maximum absolute atomic E-state index is 12.6. The fourth-order valence-electron chi connectivity index (χ4n) is 2.46. The van der Waals surface area contributed by atoms with Crippen LogP contribution in [0.2, 0.25) is 0 Å². The Morgan fingerprint density at radius 1 is 1.04 bits per heavy atom. The first-order valence-corrected chi connectivity index (χ1v) is 8.55. The Balaban J connectivity index is 2.13. The third-order valence-corrected chi connectivity index (χ3v) is 4.26. The van der Waals surface area contributed by atoms with Crippen LogP contribution < -0.4 is 5.32 Å². The topological polar surface area (TPSA) is 64.6 Å². The second kappa shape index (κ2) is 9.34. The molecule has 0 bridgehead atoms. The highest BCUT2D eigenvalue weighted by Crippen LogP contribution is 2.17. The zero-order valence-electron chi connectivity index (χ0n) is 14.1. The summed E-state index contributed by atoms with van der Waals surface area (Å²) in [7, 11) is 2.76. The predicted octanol–water partition coefficient (Wildman–Crippen LogP) is 3.04. The van der Waals surface area contributed by atoms with Crippen LogP contribution in [0, 0.1) is 0 Å². The number of hydrogen-bond acceptors (Lipinski definition) is 4. The number of carbonyl (C=O) groups excluding carboxylic acids is 2. The van der Waals surface area contributed by atoms with Crippen LogP contribution >= 0.6 is 15.9 Å². The summed E-state index contributed by atoms with van der Waals surface area (Å²) in [6, 6.07) is 15.9. The lowest BCUT2D eigenvalue weighted by molar-refractivity contribution is -0.146. The second-order valence-electron chi connectivity index (χ2n) is 5.44. The highest BCUT2D eigenvalue weighted by Gasteiger charge is 2.27. The van der Waals surface area contributed by atoms with Gasteiger partial charge >= 0.3 is 5.97 Å². The van der Waals surface area contributed by atoms with Crippen LogP contribution in [0.4, 0.5) is 0 Å². The first-order chi connectivity index (χ1) is 12.0. The third-order valence-electron chi connectivity index (χ3n) is 3.73. The molecule has 0 aliphatic heterocycles. The van der Waals surface area contributed by atoms with E-state index < -0.39 is 18.1 Å². The number of nitrogens with one attached hydrogen (secondary N) is 1. The minimum absolute atomic E-state index is 0.330. The van der Waals surface area contributed by atoms with Crippen molar-refractivity contribution in [2.24, 2.45) is 0 Å². The molecule has 2 aromatic rings. The van der Waals surface area contributed by atoms with Gasteiger partial charge in [-0.2, -0.15) is 0 Å². The Labute approximate surface area is 155 Å². The van der Waals surface area contributed by atoms with Gasteiger partial charge in [0.15, 0.2) is 6.10 Å². The largest absolute Gasteiger partial charge is 0.467 e. The molecular weight excluding hydrogens is 386 g/mol. The van der Waals surface area contributed by atoms with Gasteiger partial charge < -0.3 is 14.8 Å². The van der Waals surface area contributed by atoms with Crippen LogP contribution in [0.25, 0.3) is 0 Å². The summed E-state index contributed by atoms with van der Waals surface area (Å²) < 4.78 is 11.1. The molecule has 1 N–H and O–H groups in total. The highest BCUT2D eigenvalue weighted by atomic mass is 79.9. The molecule has 2 atom stereocenters. The third kappa shape index (κ3) is 5.41. The van der Waals surface area contributed by atoms with E-state index >= 15 is 0 Å². The molecule has 2 rings (SSSR count). The number of benzene rings is 2. The predicted molar refractivity (Wildman–Crippen MR) is 98.0 cm³/mol. The van der Waals surface area contributed by atoms with E-state index in [0.717, 1.165) is 15.6 Å². The second-order valence-corrected chi connectivity index (χ2v) is 6.36. The minimum atomic E-state index is -0.793. The Morgan fingerprint density at radius 3 is 2.24 bits per heavy atom. The fourth-order valence-corrected chi connectivity index (χ4v) is 2.73. The SMILES string of the molecule is COC(=O)[C@H](Cc1ccc(Br)cc1)NC(=O)[C@@H](OC)c1ccccc1. The molecule has 0 unspecified atom stereocenters. The number of hydrogen-bond donors (Lipinski definition) is 1. The van der Waals surface area contributed by atoms with Gasteiger partial charge in [-0.3, -0.25) is 4.79 Å². The average molecular weight is 406 g/mol. The van der Waals surface area contributed by atoms with Crippen molar-refractivity contribution in [1.29, 1.82) is 0 Å². The van der Waals surface area contributed by atoms with Gasteiger partial charge in [0.2, 0.25) is 0 Å². The molecule has 6 heteroatoms. The standard InChI is InChI=1S/C19H20BrNO4/c1-24-17(14-6-4-3-5-7-14)18(22)21-16(19(23)25-2)12-13-8-10-15(20)11-9-13/h3-11,16-17H,12H2,1-2H3,(H,21,22)/t16-,17-/m0/s1. The molecule has 0 aliphatic rings.